The van der Waals surface area contributed by atoms with Gasteiger partial charge in [0.2, 0.25) is 5.88 Å². The molecule has 112 valence electrons. The van der Waals surface area contributed by atoms with E-state index in [-0.39, 0.29) is 5.91 Å². The van der Waals surface area contributed by atoms with Crippen LogP contribution in [-0.2, 0) is 0 Å². The van der Waals surface area contributed by atoms with Gasteiger partial charge in [-0.25, -0.2) is 15.0 Å². The number of nitrogens with zero attached hydrogens (tertiary/aromatic N) is 4. The molecule has 22 heavy (non-hydrogen) atoms. The molecule has 0 aromatic carbocycles. The van der Waals surface area contributed by atoms with Crippen molar-refractivity contribution in [3.05, 3.63) is 40.9 Å². The molecule has 9 heteroatoms. The number of thiazole rings is 1. The Hall–Kier alpha value is -2.81. The van der Waals surface area contributed by atoms with E-state index in [4.69, 9.17) is 4.52 Å². The SMILES string of the molecule is Cc1cc(Nc2nc(C(=O)Nc3ccnc(C)n3)cs2)on1. The van der Waals surface area contributed by atoms with E-state index in [9.17, 15) is 4.79 Å². The first-order valence-corrected chi connectivity index (χ1v) is 7.25. The maximum atomic E-state index is 12.1. The first kappa shape index (κ1) is 14.1. The average Bonchev–Trinajstić information content (AvgIpc) is 3.09. The smallest absolute Gasteiger partial charge is 0.276 e. The van der Waals surface area contributed by atoms with E-state index in [2.05, 4.69) is 30.7 Å². The van der Waals surface area contributed by atoms with E-state index in [1.807, 2.05) is 6.92 Å². The summed E-state index contributed by atoms with van der Waals surface area (Å²) in [5.41, 5.74) is 1.05. The van der Waals surface area contributed by atoms with Gasteiger partial charge in [0.25, 0.3) is 5.91 Å². The zero-order valence-electron chi connectivity index (χ0n) is 11.8. The lowest BCUT2D eigenvalue weighted by Gasteiger charge is -2.02. The molecule has 3 aromatic rings. The fourth-order valence-electron chi connectivity index (χ4n) is 1.67. The van der Waals surface area contributed by atoms with Crippen molar-refractivity contribution in [2.45, 2.75) is 13.8 Å². The number of hydrogen-bond donors (Lipinski definition) is 2. The maximum absolute atomic E-state index is 12.1. The van der Waals surface area contributed by atoms with Crippen LogP contribution >= 0.6 is 11.3 Å². The highest BCUT2D eigenvalue weighted by molar-refractivity contribution is 7.14. The van der Waals surface area contributed by atoms with E-state index in [0.29, 0.717) is 28.4 Å². The number of anilines is 3. The second-order valence-electron chi connectivity index (χ2n) is 4.44. The van der Waals surface area contributed by atoms with Crippen LogP contribution in [0.4, 0.5) is 16.8 Å². The van der Waals surface area contributed by atoms with Crippen LogP contribution in [0.5, 0.6) is 0 Å². The summed E-state index contributed by atoms with van der Waals surface area (Å²) in [5, 5.41) is 11.6. The number of aromatic nitrogens is 4. The van der Waals surface area contributed by atoms with Crippen molar-refractivity contribution in [1.29, 1.82) is 0 Å². The average molecular weight is 316 g/mol. The molecule has 3 heterocycles. The van der Waals surface area contributed by atoms with E-state index in [0.717, 1.165) is 5.69 Å². The van der Waals surface area contributed by atoms with Crippen molar-refractivity contribution in [2.24, 2.45) is 0 Å². The summed E-state index contributed by atoms with van der Waals surface area (Å²) < 4.78 is 5.03. The molecule has 0 aliphatic carbocycles. The highest BCUT2D eigenvalue weighted by Gasteiger charge is 2.13. The molecule has 1 amide bonds. The molecule has 8 nitrogen and oxygen atoms in total. The summed E-state index contributed by atoms with van der Waals surface area (Å²) in [5.74, 6) is 1.16. The Morgan fingerprint density at radius 2 is 2.18 bits per heavy atom. The zero-order valence-corrected chi connectivity index (χ0v) is 12.6. The molecular formula is C13H12N6O2S. The number of carbonyl (C=O) groups is 1. The number of carbonyl (C=O) groups excluding carboxylic acids is 1. The standard InChI is InChI=1S/C13H12N6O2S/c1-7-5-11(21-19-7)18-13-16-9(6-22-13)12(20)17-10-3-4-14-8(2)15-10/h3-6H,1-2H3,(H,16,18)(H,14,15,17,20). The molecule has 3 rings (SSSR count). The summed E-state index contributed by atoms with van der Waals surface area (Å²) in [6, 6.07) is 3.36. The van der Waals surface area contributed by atoms with Crippen molar-refractivity contribution in [2.75, 3.05) is 10.6 Å². The quantitative estimate of drug-likeness (QED) is 0.761. The molecule has 0 saturated heterocycles. The monoisotopic (exact) mass is 316 g/mol. The second kappa shape index (κ2) is 5.90. The molecule has 0 fully saturated rings. The molecule has 0 bridgehead atoms. The molecule has 0 unspecified atom stereocenters. The van der Waals surface area contributed by atoms with Crippen LogP contribution in [0.3, 0.4) is 0 Å². The first-order chi connectivity index (χ1) is 10.6. The van der Waals surface area contributed by atoms with Gasteiger partial charge in [-0.1, -0.05) is 5.16 Å². The Labute approximate surface area is 129 Å². The zero-order chi connectivity index (χ0) is 15.5. The minimum absolute atomic E-state index is 0.292. The molecule has 0 spiro atoms. The predicted molar refractivity (Wildman–Crippen MR) is 81.4 cm³/mol. The largest absolute Gasteiger partial charge is 0.338 e. The second-order valence-corrected chi connectivity index (χ2v) is 5.30. The van der Waals surface area contributed by atoms with Crippen molar-refractivity contribution >= 4 is 34.1 Å². The molecule has 0 radical (unpaired) electrons. The van der Waals surface area contributed by atoms with Crippen LogP contribution in [-0.4, -0.2) is 26.0 Å². The minimum atomic E-state index is -0.337. The van der Waals surface area contributed by atoms with Crippen molar-refractivity contribution in [3.8, 4) is 0 Å². The fraction of sp³-hybridized carbons (Fsp3) is 0.154. The normalized spacial score (nSPS) is 10.5. The van der Waals surface area contributed by atoms with Gasteiger partial charge in [0, 0.05) is 17.6 Å². The number of amides is 1. The maximum Gasteiger partial charge on any atom is 0.276 e. The van der Waals surface area contributed by atoms with E-state index < -0.39 is 0 Å². The lowest BCUT2D eigenvalue weighted by Crippen LogP contribution is -2.13. The summed E-state index contributed by atoms with van der Waals surface area (Å²) in [6.07, 6.45) is 1.58. The third kappa shape index (κ3) is 3.26. The van der Waals surface area contributed by atoms with Gasteiger partial charge in [-0.05, 0) is 19.9 Å². The Kier molecular flexibility index (Phi) is 3.79. The Balaban J connectivity index is 1.69. The highest BCUT2D eigenvalue weighted by Crippen LogP contribution is 2.21. The third-order valence-electron chi connectivity index (χ3n) is 2.61. The van der Waals surface area contributed by atoms with Crippen LogP contribution < -0.4 is 10.6 Å². The summed E-state index contributed by atoms with van der Waals surface area (Å²) in [7, 11) is 0. The summed E-state index contributed by atoms with van der Waals surface area (Å²) >= 11 is 1.29. The van der Waals surface area contributed by atoms with Gasteiger partial charge in [0.05, 0.1) is 5.69 Å². The Morgan fingerprint density at radius 3 is 2.91 bits per heavy atom. The van der Waals surface area contributed by atoms with Crippen LogP contribution in [0.2, 0.25) is 0 Å². The van der Waals surface area contributed by atoms with Crippen LogP contribution in [0.1, 0.15) is 22.0 Å². The molecule has 0 aliphatic rings. The van der Waals surface area contributed by atoms with E-state index >= 15 is 0 Å². The van der Waals surface area contributed by atoms with Crippen LogP contribution in [0, 0.1) is 13.8 Å². The first-order valence-electron chi connectivity index (χ1n) is 6.37. The molecular weight excluding hydrogens is 304 g/mol. The predicted octanol–water partition coefficient (Wildman–Crippen LogP) is 2.53. The molecule has 2 N–H and O–H groups in total. The van der Waals surface area contributed by atoms with E-state index in [1.54, 1.807) is 30.6 Å². The summed E-state index contributed by atoms with van der Waals surface area (Å²) in [4.78, 5) is 24.4. The molecule has 3 aromatic heterocycles. The number of aryl methyl sites for hydroxylation is 2. The molecule has 0 atom stereocenters. The Morgan fingerprint density at radius 1 is 1.32 bits per heavy atom. The lowest BCUT2D eigenvalue weighted by atomic mass is 10.4. The van der Waals surface area contributed by atoms with E-state index in [1.165, 1.54) is 11.3 Å². The topological polar surface area (TPSA) is 106 Å². The molecule has 0 saturated carbocycles. The highest BCUT2D eigenvalue weighted by atomic mass is 32.1. The van der Waals surface area contributed by atoms with Crippen LogP contribution in [0.15, 0.2) is 28.2 Å². The van der Waals surface area contributed by atoms with Crippen molar-refractivity contribution in [1.82, 2.24) is 20.1 Å². The fourth-order valence-corrected chi connectivity index (χ4v) is 2.36. The molecule has 0 aliphatic heterocycles. The third-order valence-corrected chi connectivity index (χ3v) is 3.37. The van der Waals surface area contributed by atoms with Gasteiger partial charge >= 0.3 is 0 Å². The van der Waals surface area contributed by atoms with Gasteiger partial charge < -0.3 is 9.84 Å². The number of rotatable bonds is 4. The van der Waals surface area contributed by atoms with Gasteiger partial charge in [-0.2, -0.15) is 0 Å². The minimum Gasteiger partial charge on any atom is -0.338 e. The number of hydrogen-bond acceptors (Lipinski definition) is 8. The van der Waals surface area contributed by atoms with Gasteiger partial charge in [0.15, 0.2) is 5.13 Å². The van der Waals surface area contributed by atoms with Gasteiger partial charge in [-0.15, -0.1) is 11.3 Å². The van der Waals surface area contributed by atoms with Crippen molar-refractivity contribution in [3.63, 3.8) is 0 Å². The van der Waals surface area contributed by atoms with Gasteiger partial charge in [-0.3, -0.25) is 10.1 Å². The Bertz CT molecular complexity index is 812. The van der Waals surface area contributed by atoms with Gasteiger partial charge in [0.1, 0.15) is 17.3 Å². The summed E-state index contributed by atoms with van der Waals surface area (Å²) in [6.45, 7) is 3.57. The van der Waals surface area contributed by atoms with Crippen molar-refractivity contribution < 1.29 is 9.32 Å². The van der Waals surface area contributed by atoms with Crippen LogP contribution in [0.25, 0.3) is 0 Å². The number of nitrogens with one attached hydrogen (secondary N) is 2. The lowest BCUT2D eigenvalue weighted by molar-refractivity contribution is 0.102.